The number of amides is 1. The summed E-state index contributed by atoms with van der Waals surface area (Å²) >= 11 is 0. The van der Waals surface area contributed by atoms with Gasteiger partial charge in [0.2, 0.25) is 11.8 Å². The molecular weight excluding hydrogens is 260 g/mol. The van der Waals surface area contributed by atoms with Gasteiger partial charge in [-0.3, -0.25) is 4.79 Å². The van der Waals surface area contributed by atoms with Crippen LogP contribution in [0, 0.1) is 0 Å². The van der Waals surface area contributed by atoms with Gasteiger partial charge in [-0.15, -0.1) is 0 Å². The van der Waals surface area contributed by atoms with Gasteiger partial charge in [0, 0.05) is 12.6 Å². The van der Waals surface area contributed by atoms with Crippen LogP contribution in [0.15, 0.2) is 6.33 Å². The minimum atomic E-state index is -0.342. The minimum Gasteiger partial charge on any atom is -0.480 e. The van der Waals surface area contributed by atoms with Crippen LogP contribution >= 0.6 is 0 Å². The average Bonchev–Trinajstić information content (AvgIpc) is 2.50. The Morgan fingerprint density at radius 2 is 1.95 bits per heavy atom. The highest BCUT2D eigenvalue weighted by Gasteiger charge is 2.22. The molecule has 1 aromatic heterocycles. The summed E-state index contributed by atoms with van der Waals surface area (Å²) < 4.78 is 10.2. The van der Waals surface area contributed by atoms with Crippen molar-refractivity contribution in [3.05, 3.63) is 11.9 Å². The van der Waals surface area contributed by atoms with E-state index in [0.717, 1.165) is 19.3 Å². The highest BCUT2D eigenvalue weighted by Crippen LogP contribution is 2.23. The van der Waals surface area contributed by atoms with Crippen LogP contribution in [0.3, 0.4) is 0 Å². The number of methoxy groups -OCH3 is 2. The molecule has 1 atom stereocenters. The van der Waals surface area contributed by atoms with E-state index in [1.54, 1.807) is 0 Å². The molecular formula is C13H22N4O3. The van der Waals surface area contributed by atoms with Crippen LogP contribution in [0.5, 0.6) is 11.8 Å². The fourth-order valence-corrected chi connectivity index (χ4v) is 1.82. The molecule has 20 heavy (non-hydrogen) atoms. The third-order valence-corrected chi connectivity index (χ3v) is 2.92. The smallest absolute Gasteiger partial charge is 0.262 e. The number of carbonyl (C=O) groups excluding carboxylic acids is 1. The van der Waals surface area contributed by atoms with Crippen molar-refractivity contribution in [2.45, 2.75) is 32.2 Å². The van der Waals surface area contributed by atoms with E-state index in [1.165, 1.54) is 20.5 Å². The van der Waals surface area contributed by atoms with Crippen LogP contribution in [-0.4, -0.2) is 42.7 Å². The highest BCUT2D eigenvalue weighted by atomic mass is 16.5. The molecule has 0 aliphatic rings. The molecule has 1 amide bonds. The second-order valence-corrected chi connectivity index (χ2v) is 4.32. The monoisotopic (exact) mass is 282 g/mol. The molecule has 7 nitrogen and oxygen atoms in total. The first kappa shape index (κ1) is 16.2. The number of hydrogen-bond acceptors (Lipinski definition) is 6. The Balaban J connectivity index is 2.90. The number of ether oxygens (including phenoxy) is 2. The lowest BCUT2D eigenvalue weighted by atomic mass is 10.1. The quantitative estimate of drug-likeness (QED) is 0.729. The van der Waals surface area contributed by atoms with Gasteiger partial charge < -0.3 is 20.5 Å². The number of aromatic nitrogens is 2. The Labute approximate surface area is 118 Å². The summed E-state index contributed by atoms with van der Waals surface area (Å²) in [7, 11) is 2.88. The number of carbonyl (C=O) groups is 1. The molecule has 1 unspecified atom stereocenters. The Kier molecular flexibility index (Phi) is 6.72. The van der Waals surface area contributed by atoms with E-state index < -0.39 is 0 Å². The standard InChI is InChI=1S/C13H22N4O3/c1-4-5-6-9(7-14)17-11(18)10-12(19-2)15-8-16-13(10)20-3/h8-9H,4-7,14H2,1-3H3,(H,17,18). The van der Waals surface area contributed by atoms with E-state index in [2.05, 4.69) is 22.2 Å². The Morgan fingerprint density at radius 1 is 1.35 bits per heavy atom. The van der Waals surface area contributed by atoms with Crippen LogP contribution in [0.4, 0.5) is 0 Å². The molecule has 0 aromatic carbocycles. The molecule has 0 aliphatic heterocycles. The largest absolute Gasteiger partial charge is 0.480 e. The first-order chi connectivity index (χ1) is 9.67. The highest BCUT2D eigenvalue weighted by molar-refractivity contribution is 5.98. The number of nitrogens with one attached hydrogen (secondary N) is 1. The summed E-state index contributed by atoms with van der Waals surface area (Å²) in [6, 6.07) is -0.0860. The number of unbranched alkanes of at least 4 members (excludes halogenated alkanes) is 1. The SMILES string of the molecule is CCCCC(CN)NC(=O)c1c(OC)ncnc1OC. The molecule has 0 fully saturated rings. The third-order valence-electron chi connectivity index (χ3n) is 2.92. The molecule has 1 aromatic rings. The van der Waals surface area contributed by atoms with Crippen molar-refractivity contribution in [2.24, 2.45) is 5.73 Å². The van der Waals surface area contributed by atoms with E-state index >= 15 is 0 Å². The lowest BCUT2D eigenvalue weighted by molar-refractivity contribution is 0.0927. The third kappa shape index (κ3) is 4.06. The fraction of sp³-hybridized carbons (Fsp3) is 0.615. The Hall–Kier alpha value is -1.89. The van der Waals surface area contributed by atoms with Crippen molar-refractivity contribution in [2.75, 3.05) is 20.8 Å². The van der Waals surface area contributed by atoms with Crippen molar-refractivity contribution in [3.8, 4) is 11.8 Å². The van der Waals surface area contributed by atoms with Crippen LogP contribution in [0.25, 0.3) is 0 Å². The van der Waals surface area contributed by atoms with Crippen LogP contribution in [-0.2, 0) is 0 Å². The maximum absolute atomic E-state index is 12.3. The molecule has 3 N–H and O–H groups in total. The van der Waals surface area contributed by atoms with E-state index in [-0.39, 0.29) is 29.3 Å². The summed E-state index contributed by atoms with van der Waals surface area (Å²) in [5.74, 6) is 0.0204. The summed E-state index contributed by atoms with van der Waals surface area (Å²) in [5, 5.41) is 2.86. The molecule has 0 spiro atoms. The molecule has 0 saturated heterocycles. The van der Waals surface area contributed by atoms with Crippen molar-refractivity contribution >= 4 is 5.91 Å². The molecule has 112 valence electrons. The molecule has 1 heterocycles. The van der Waals surface area contributed by atoms with Gasteiger partial charge in [-0.05, 0) is 6.42 Å². The van der Waals surface area contributed by atoms with Crippen LogP contribution in [0.1, 0.15) is 36.5 Å². The van der Waals surface area contributed by atoms with E-state index in [1.807, 2.05) is 0 Å². The van der Waals surface area contributed by atoms with Gasteiger partial charge in [0.1, 0.15) is 6.33 Å². The summed E-state index contributed by atoms with van der Waals surface area (Å²) in [6.07, 6.45) is 4.16. The van der Waals surface area contributed by atoms with Gasteiger partial charge >= 0.3 is 0 Å². The summed E-state index contributed by atoms with van der Waals surface area (Å²) in [6.45, 7) is 2.47. The maximum Gasteiger partial charge on any atom is 0.262 e. The summed E-state index contributed by atoms with van der Waals surface area (Å²) in [4.78, 5) is 20.2. The lowest BCUT2D eigenvalue weighted by Gasteiger charge is -2.17. The lowest BCUT2D eigenvalue weighted by Crippen LogP contribution is -2.40. The zero-order valence-corrected chi connectivity index (χ0v) is 12.2. The predicted octanol–water partition coefficient (Wildman–Crippen LogP) is 0.741. The molecule has 0 aliphatic carbocycles. The van der Waals surface area contributed by atoms with Crippen molar-refractivity contribution in [1.82, 2.24) is 15.3 Å². The zero-order chi connectivity index (χ0) is 15.0. The molecule has 0 bridgehead atoms. The van der Waals surface area contributed by atoms with Gasteiger partial charge in [0.25, 0.3) is 5.91 Å². The van der Waals surface area contributed by atoms with Crippen molar-refractivity contribution in [1.29, 1.82) is 0 Å². The average molecular weight is 282 g/mol. The molecule has 7 heteroatoms. The predicted molar refractivity (Wildman–Crippen MR) is 75.0 cm³/mol. The van der Waals surface area contributed by atoms with E-state index in [9.17, 15) is 4.79 Å². The molecule has 0 saturated carbocycles. The van der Waals surface area contributed by atoms with Gasteiger partial charge in [-0.25, -0.2) is 9.97 Å². The topological polar surface area (TPSA) is 99.4 Å². The fourth-order valence-electron chi connectivity index (χ4n) is 1.82. The van der Waals surface area contributed by atoms with Gasteiger partial charge in [-0.2, -0.15) is 0 Å². The minimum absolute atomic E-state index is 0.0860. The van der Waals surface area contributed by atoms with E-state index in [4.69, 9.17) is 15.2 Å². The first-order valence-corrected chi connectivity index (χ1v) is 6.61. The first-order valence-electron chi connectivity index (χ1n) is 6.61. The number of hydrogen-bond donors (Lipinski definition) is 2. The second kappa shape index (κ2) is 8.31. The number of nitrogens with zero attached hydrogens (tertiary/aromatic N) is 2. The zero-order valence-electron chi connectivity index (χ0n) is 12.2. The second-order valence-electron chi connectivity index (χ2n) is 4.32. The van der Waals surface area contributed by atoms with Gasteiger partial charge in [0.05, 0.1) is 14.2 Å². The van der Waals surface area contributed by atoms with Crippen molar-refractivity contribution < 1.29 is 14.3 Å². The Bertz CT molecular complexity index is 417. The summed E-state index contributed by atoms with van der Waals surface area (Å²) in [5.41, 5.74) is 5.86. The maximum atomic E-state index is 12.3. The van der Waals surface area contributed by atoms with Crippen LogP contribution in [0.2, 0.25) is 0 Å². The van der Waals surface area contributed by atoms with Crippen LogP contribution < -0.4 is 20.5 Å². The van der Waals surface area contributed by atoms with Gasteiger partial charge in [0.15, 0.2) is 5.56 Å². The normalized spacial score (nSPS) is 11.8. The molecule has 0 radical (unpaired) electrons. The number of rotatable bonds is 8. The van der Waals surface area contributed by atoms with Crippen molar-refractivity contribution in [3.63, 3.8) is 0 Å². The Morgan fingerprint density at radius 3 is 2.40 bits per heavy atom. The van der Waals surface area contributed by atoms with E-state index in [0.29, 0.717) is 6.54 Å². The molecule has 1 rings (SSSR count). The number of nitrogens with two attached hydrogens (primary N) is 1. The van der Waals surface area contributed by atoms with Gasteiger partial charge in [-0.1, -0.05) is 19.8 Å².